The number of nitrogens with zero attached hydrogens (tertiary/aromatic N) is 3. The van der Waals surface area contributed by atoms with E-state index in [1.165, 1.54) is 0 Å². The minimum Gasteiger partial charge on any atom is -0.391 e. The van der Waals surface area contributed by atoms with Gasteiger partial charge in [-0.2, -0.15) is 0 Å². The van der Waals surface area contributed by atoms with Crippen LogP contribution in [0.3, 0.4) is 0 Å². The van der Waals surface area contributed by atoms with Gasteiger partial charge in [-0.05, 0) is 25.8 Å². The summed E-state index contributed by atoms with van der Waals surface area (Å²) < 4.78 is 0. The molecule has 1 aliphatic carbocycles. The summed E-state index contributed by atoms with van der Waals surface area (Å²) in [5.74, 6) is 0.703. The van der Waals surface area contributed by atoms with Crippen LogP contribution in [0.15, 0.2) is 12.3 Å². The quantitative estimate of drug-likeness (QED) is 0.752. The lowest BCUT2D eigenvalue weighted by molar-refractivity contribution is 0.0662. The fourth-order valence-electron chi connectivity index (χ4n) is 1.67. The number of hydrogen-bond acceptors (Lipinski definition) is 4. The minimum atomic E-state index is -0.218. The summed E-state index contributed by atoms with van der Waals surface area (Å²) >= 11 is 0. The van der Waals surface area contributed by atoms with Crippen LogP contribution >= 0.6 is 0 Å². The number of aliphatic hydroxyl groups excluding tert-OH is 1. The molecule has 1 aromatic rings. The third-order valence-corrected chi connectivity index (χ3v) is 2.80. The Morgan fingerprint density at radius 3 is 2.79 bits per heavy atom. The number of likely N-dealkylation sites (N-methyl/N-ethyl adjacent to an activating group) is 1. The first-order chi connectivity index (χ1) is 6.68. The Labute approximate surface area is 83.6 Å². The van der Waals surface area contributed by atoms with Crippen LogP contribution in [-0.4, -0.2) is 34.3 Å². The molecule has 1 aliphatic rings. The second-order valence-corrected chi connectivity index (χ2v) is 3.82. The number of aryl methyl sites for hydroxylation is 1. The van der Waals surface area contributed by atoms with Crippen LogP contribution in [0.2, 0.25) is 0 Å². The molecular formula is C10H15N3O. The molecule has 2 rings (SSSR count). The normalized spacial score (nSPS) is 25.6. The average molecular weight is 193 g/mol. The van der Waals surface area contributed by atoms with Gasteiger partial charge in [-0.15, -0.1) is 0 Å². The fourth-order valence-corrected chi connectivity index (χ4v) is 1.67. The van der Waals surface area contributed by atoms with E-state index in [2.05, 4.69) is 9.97 Å². The van der Waals surface area contributed by atoms with E-state index in [-0.39, 0.29) is 12.1 Å². The van der Waals surface area contributed by atoms with Gasteiger partial charge in [0.05, 0.1) is 12.1 Å². The van der Waals surface area contributed by atoms with Crippen LogP contribution in [0, 0.1) is 6.92 Å². The summed E-state index contributed by atoms with van der Waals surface area (Å²) in [6, 6.07) is 2.06. The molecule has 0 amide bonds. The highest BCUT2D eigenvalue weighted by molar-refractivity contribution is 5.32. The number of aromatic nitrogens is 2. The summed E-state index contributed by atoms with van der Waals surface area (Å²) in [6.45, 7) is 1.94. The largest absolute Gasteiger partial charge is 0.391 e. The lowest BCUT2D eigenvalue weighted by atomic mass is 9.88. The second-order valence-electron chi connectivity index (χ2n) is 3.82. The zero-order valence-electron chi connectivity index (χ0n) is 8.51. The van der Waals surface area contributed by atoms with Gasteiger partial charge >= 0.3 is 0 Å². The third-order valence-electron chi connectivity index (χ3n) is 2.80. The third kappa shape index (κ3) is 1.57. The van der Waals surface area contributed by atoms with Crippen molar-refractivity contribution in [2.45, 2.75) is 31.9 Å². The fraction of sp³-hybridized carbons (Fsp3) is 0.600. The first kappa shape index (κ1) is 9.40. The number of rotatable bonds is 2. The van der Waals surface area contributed by atoms with Crippen molar-refractivity contribution < 1.29 is 5.11 Å². The Bertz CT molecular complexity index is 329. The van der Waals surface area contributed by atoms with Crippen LogP contribution in [0.4, 0.5) is 5.95 Å². The predicted octanol–water partition coefficient (Wildman–Crippen LogP) is 0.745. The predicted molar refractivity (Wildman–Crippen MR) is 54.2 cm³/mol. The zero-order valence-corrected chi connectivity index (χ0v) is 8.51. The van der Waals surface area contributed by atoms with E-state index in [0.29, 0.717) is 5.95 Å². The molecule has 1 saturated carbocycles. The molecule has 0 saturated heterocycles. The molecule has 0 spiro atoms. The summed E-state index contributed by atoms with van der Waals surface area (Å²) in [5, 5.41) is 9.51. The van der Waals surface area contributed by atoms with E-state index in [9.17, 15) is 5.11 Å². The molecule has 4 heteroatoms. The van der Waals surface area contributed by atoms with Gasteiger partial charge in [-0.1, -0.05) is 0 Å². The molecule has 2 atom stereocenters. The Morgan fingerprint density at radius 1 is 1.50 bits per heavy atom. The molecule has 0 aliphatic heterocycles. The lowest BCUT2D eigenvalue weighted by Crippen LogP contribution is -2.49. The zero-order chi connectivity index (χ0) is 10.1. The molecule has 76 valence electrons. The van der Waals surface area contributed by atoms with Gasteiger partial charge in [0, 0.05) is 18.9 Å². The van der Waals surface area contributed by atoms with E-state index in [1.54, 1.807) is 6.20 Å². The van der Waals surface area contributed by atoms with Gasteiger partial charge in [-0.3, -0.25) is 0 Å². The van der Waals surface area contributed by atoms with Gasteiger partial charge < -0.3 is 10.0 Å². The van der Waals surface area contributed by atoms with Gasteiger partial charge in [0.25, 0.3) is 0 Å². The molecule has 1 heterocycles. The highest BCUT2D eigenvalue weighted by atomic mass is 16.3. The molecule has 0 aromatic carbocycles. The molecule has 0 radical (unpaired) electrons. The summed E-state index contributed by atoms with van der Waals surface area (Å²) in [5.41, 5.74) is 0.954. The molecule has 0 bridgehead atoms. The topological polar surface area (TPSA) is 49.2 Å². The van der Waals surface area contributed by atoms with Crippen LogP contribution in [-0.2, 0) is 0 Å². The summed E-state index contributed by atoms with van der Waals surface area (Å²) in [4.78, 5) is 10.5. The van der Waals surface area contributed by atoms with E-state index in [4.69, 9.17) is 0 Å². The van der Waals surface area contributed by atoms with Gasteiger partial charge in [0.2, 0.25) is 5.95 Å². The van der Waals surface area contributed by atoms with Crippen molar-refractivity contribution >= 4 is 5.95 Å². The lowest BCUT2D eigenvalue weighted by Gasteiger charge is -2.39. The van der Waals surface area contributed by atoms with Crippen molar-refractivity contribution in [2.75, 3.05) is 11.9 Å². The minimum absolute atomic E-state index is 0.191. The van der Waals surface area contributed by atoms with Gasteiger partial charge in [0.15, 0.2) is 0 Å². The Kier molecular flexibility index (Phi) is 2.37. The Hall–Kier alpha value is -1.16. The number of hydrogen-bond donors (Lipinski definition) is 1. The van der Waals surface area contributed by atoms with E-state index < -0.39 is 0 Å². The maximum atomic E-state index is 9.51. The highest BCUT2D eigenvalue weighted by Gasteiger charge is 2.33. The molecule has 1 aromatic heterocycles. The van der Waals surface area contributed by atoms with E-state index in [1.807, 2.05) is 24.9 Å². The number of aliphatic hydroxyl groups is 1. The molecule has 1 fully saturated rings. The Balaban J connectivity index is 2.14. The van der Waals surface area contributed by atoms with Crippen molar-refractivity contribution in [1.82, 2.24) is 9.97 Å². The molecular weight excluding hydrogens is 178 g/mol. The first-order valence-electron chi connectivity index (χ1n) is 4.89. The van der Waals surface area contributed by atoms with E-state index in [0.717, 1.165) is 18.5 Å². The van der Waals surface area contributed by atoms with Crippen molar-refractivity contribution in [1.29, 1.82) is 0 Å². The van der Waals surface area contributed by atoms with Gasteiger partial charge in [0.1, 0.15) is 0 Å². The van der Waals surface area contributed by atoms with Crippen LogP contribution in [0.25, 0.3) is 0 Å². The standard InChI is InChI=1S/C10H15N3O/c1-7-5-6-11-10(12-7)13(2)8-3-4-9(8)14/h5-6,8-9,14H,3-4H2,1-2H3. The summed E-state index contributed by atoms with van der Waals surface area (Å²) in [7, 11) is 1.93. The van der Waals surface area contributed by atoms with Crippen LogP contribution in [0.1, 0.15) is 18.5 Å². The Morgan fingerprint density at radius 2 is 2.29 bits per heavy atom. The van der Waals surface area contributed by atoms with Gasteiger partial charge in [-0.25, -0.2) is 9.97 Å². The van der Waals surface area contributed by atoms with Crippen LogP contribution in [0.5, 0.6) is 0 Å². The second kappa shape index (κ2) is 3.53. The molecule has 1 N–H and O–H groups in total. The van der Waals surface area contributed by atoms with Crippen molar-refractivity contribution in [3.8, 4) is 0 Å². The SMILES string of the molecule is Cc1ccnc(N(C)C2CCC2O)n1. The first-order valence-corrected chi connectivity index (χ1v) is 4.89. The van der Waals surface area contributed by atoms with E-state index >= 15 is 0 Å². The smallest absolute Gasteiger partial charge is 0.225 e. The van der Waals surface area contributed by atoms with Crippen LogP contribution < -0.4 is 4.90 Å². The molecule has 4 nitrogen and oxygen atoms in total. The van der Waals surface area contributed by atoms with Crippen molar-refractivity contribution in [3.05, 3.63) is 18.0 Å². The monoisotopic (exact) mass is 193 g/mol. The maximum absolute atomic E-state index is 9.51. The van der Waals surface area contributed by atoms with Crippen molar-refractivity contribution in [3.63, 3.8) is 0 Å². The molecule has 14 heavy (non-hydrogen) atoms. The average Bonchev–Trinajstić information content (AvgIpc) is 2.15. The maximum Gasteiger partial charge on any atom is 0.225 e. The van der Waals surface area contributed by atoms with Crippen molar-refractivity contribution in [2.24, 2.45) is 0 Å². The highest BCUT2D eigenvalue weighted by Crippen LogP contribution is 2.26. The summed E-state index contributed by atoms with van der Waals surface area (Å²) in [6.07, 6.45) is 3.44. The molecule has 2 unspecified atom stereocenters. The number of anilines is 1.